The first-order valence-corrected chi connectivity index (χ1v) is 6.29. The summed E-state index contributed by atoms with van der Waals surface area (Å²) in [5.74, 6) is -0.0793. The van der Waals surface area contributed by atoms with Gasteiger partial charge in [0, 0.05) is 12.6 Å². The van der Waals surface area contributed by atoms with Crippen molar-refractivity contribution in [2.45, 2.75) is 65.3 Å². The highest BCUT2D eigenvalue weighted by atomic mass is 16.7. The van der Waals surface area contributed by atoms with Gasteiger partial charge in [-0.25, -0.2) is 0 Å². The maximum absolute atomic E-state index is 12.0. The van der Waals surface area contributed by atoms with Crippen LogP contribution in [0.25, 0.3) is 0 Å². The summed E-state index contributed by atoms with van der Waals surface area (Å²) in [5, 5.41) is 7.50. The monoisotopic (exact) mass is 259 g/mol. The maximum atomic E-state index is 12.0. The molecule has 2 N–H and O–H groups in total. The first-order valence-electron chi connectivity index (χ1n) is 6.29. The second-order valence-electron chi connectivity index (χ2n) is 6.45. The van der Waals surface area contributed by atoms with Gasteiger partial charge < -0.3 is 5.32 Å². The summed E-state index contributed by atoms with van der Waals surface area (Å²) in [5.41, 5.74) is -1.61. The van der Waals surface area contributed by atoms with Crippen LogP contribution in [0.1, 0.15) is 48.5 Å². The molecular weight excluding hydrogens is 230 g/mol. The van der Waals surface area contributed by atoms with Crippen LogP contribution in [-0.4, -0.2) is 41.9 Å². The van der Waals surface area contributed by atoms with Crippen LogP contribution in [0.5, 0.6) is 0 Å². The molecule has 108 valence electrons. The number of hydroxylamine groups is 2. The molecule has 0 rings (SSSR count). The second-order valence-corrected chi connectivity index (χ2v) is 6.45. The number of nitrogens with zero attached hydrogens (tertiary/aromatic N) is 1. The Morgan fingerprint density at radius 2 is 1.44 bits per heavy atom. The number of carbonyl (C=O) groups excluding carboxylic acids is 1. The van der Waals surface area contributed by atoms with E-state index in [2.05, 4.69) is 10.6 Å². The summed E-state index contributed by atoms with van der Waals surface area (Å²) < 4.78 is 0. The average Bonchev–Trinajstić information content (AvgIpc) is 2.23. The number of nitrogens with one attached hydrogen (secondary N) is 2. The zero-order chi connectivity index (χ0) is 14.8. The topological polar surface area (TPSA) is 53.6 Å². The maximum Gasteiger partial charge on any atom is 0.242 e. The smallest absolute Gasteiger partial charge is 0.242 e. The van der Waals surface area contributed by atoms with E-state index in [1.165, 1.54) is 0 Å². The molecule has 0 saturated heterocycles. The van der Waals surface area contributed by atoms with E-state index in [9.17, 15) is 4.79 Å². The summed E-state index contributed by atoms with van der Waals surface area (Å²) in [6.07, 6.45) is 0. The van der Waals surface area contributed by atoms with Gasteiger partial charge in [-0.05, 0) is 55.5 Å². The molecule has 1 amide bonds. The van der Waals surface area contributed by atoms with E-state index in [0.717, 1.165) is 0 Å². The van der Waals surface area contributed by atoms with Crippen LogP contribution in [-0.2, 0) is 9.63 Å². The molecular formula is C13H29N3O2. The van der Waals surface area contributed by atoms with E-state index in [4.69, 9.17) is 4.84 Å². The van der Waals surface area contributed by atoms with Crippen molar-refractivity contribution >= 4 is 5.91 Å². The van der Waals surface area contributed by atoms with Crippen molar-refractivity contribution in [1.82, 2.24) is 15.7 Å². The van der Waals surface area contributed by atoms with Crippen molar-refractivity contribution in [3.8, 4) is 0 Å². The molecule has 0 bridgehead atoms. The van der Waals surface area contributed by atoms with Gasteiger partial charge in [0.1, 0.15) is 11.3 Å². The van der Waals surface area contributed by atoms with Crippen LogP contribution in [0.2, 0.25) is 0 Å². The molecule has 0 fully saturated rings. The molecule has 0 aliphatic heterocycles. The van der Waals surface area contributed by atoms with Crippen molar-refractivity contribution in [2.75, 3.05) is 14.1 Å². The van der Waals surface area contributed by atoms with E-state index in [1.54, 1.807) is 12.1 Å². The fraction of sp³-hybridized carbons (Fsp3) is 0.923. The van der Waals surface area contributed by atoms with Gasteiger partial charge in [-0.15, -0.1) is 0 Å². The van der Waals surface area contributed by atoms with E-state index in [-0.39, 0.29) is 11.4 Å². The third kappa shape index (κ3) is 4.23. The van der Waals surface area contributed by atoms with Crippen LogP contribution >= 0.6 is 0 Å². The average molecular weight is 259 g/mol. The van der Waals surface area contributed by atoms with Gasteiger partial charge in [0.2, 0.25) is 5.91 Å². The Labute approximate surface area is 111 Å². The van der Waals surface area contributed by atoms with E-state index >= 15 is 0 Å². The molecule has 0 heterocycles. The summed E-state index contributed by atoms with van der Waals surface area (Å²) in [4.78, 5) is 18.0. The number of hydrogen-bond acceptors (Lipinski definition) is 4. The Bertz CT molecular complexity index is 293. The quantitative estimate of drug-likeness (QED) is 0.580. The van der Waals surface area contributed by atoms with Crippen LogP contribution in [0.3, 0.4) is 0 Å². The number of rotatable bonds is 5. The third-order valence-corrected chi connectivity index (χ3v) is 2.82. The Kier molecular flexibility index (Phi) is 5.35. The van der Waals surface area contributed by atoms with E-state index < -0.39 is 11.3 Å². The number of likely N-dealkylation sites (N-methyl/N-ethyl adjacent to an activating group) is 1. The Morgan fingerprint density at radius 1 is 1.00 bits per heavy atom. The molecule has 0 radical (unpaired) electrons. The van der Waals surface area contributed by atoms with Crippen LogP contribution in [0.15, 0.2) is 0 Å². The van der Waals surface area contributed by atoms with Crippen LogP contribution < -0.4 is 10.6 Å². The standard InChI is InChI=1S/C13H29N3O2/c1-11(2,3)16(18-13(6,7)15-9)12(4,5)10(17)14-8/h15H,1-9H3,(H,14,17). The lowest BCUT2D eigenvalue weighted by Crippen LogP contribution is -2.63. The fourth-order valence-electron chi connectivity index (χ4n) is 1.76. The van der Waals surface area contributed by atoms with Gasteiger partial charge in [0.05, 0.1) is 0 Å². The summed E-state index contributed by atoms with van der Waals surface area (Å²) >= 11 is 0. The highest BCUT2D eigenvalue weighted by Crippen LogP contribution is 2.28. The highest BCUT2D eigenvalue weighted by molar-refractivity contribution is 5.85. The van der Waals surface area contributed by atoms with Crippen LogP contribution in [0, 0.1) is 0 Å². The predicted molar refractivity (Wildman–Crippen MR) is 74.0 cm³/mol. The van der Waals surface area contributed by atoms with Crippen molar-refractivity contribution < 1.29 is 9.63 Å². The van der Waals surface area contributed by atoms with Gasteiger partial charge in [-0.3, -0.25) is 14.9 Å². The van der Waals surface area contributed by atoms with Crippen molar-refractivity contribution in [3.63, 3.8) is 0 Å². The summed E-state index contributed by atoms with van der Waals surface area (Å²) in [7, 11) is 3.46. The van der Waals surface area contributed by atoms with Crippen LogP contribution in [0.4, 0.5) is 0 Å². The first kappa shape index (κ1) is 17.4. The van der Waals surface area contributed by atoms with Gasteiger partial charge in [-0.2, -0.15) is 5.06 Å². The first-order chi connectivity index (χ1) is 7.88. The Hall–Kier alpha value is -0.650. The SMILES string of the molecule is CNC(=O)C(C)(C)N(OC(C)(C)NC)C(C)(C)C. The molecule has 5 heteroatoms. The number of hydrogen-bond donors (Lipinski definition) is 2. The molecule has 18 heavy (non-hydrogen) atoms. The van der Waals surface area contributed by atoms with Gasteiger partial charge >= 0.3 is 0 Å². The fourth-order valence-corrected chi connectivity index (χ4v) is 1.76. The molecule has 0 aromatic rings. The van der Waals surface area contributed by atoms with Gasteiger partial charge in [0.25, 0.3) is 0 Å². The predicted octanol–water partition coefficient (Wildman–Crippen LogP) is 1.50. The molecule has 0 aromatic heterocycles. The van der Waals surface area contributed by atoms with Crippen molar-refractivity contribution in [1.29, 1.82) is 0 Å². The molecule has 0 atom stereocenters. The van der Waals surface area contributed by atoms with Gasteiger partial charge in [0.15, 0.2) is 0 Å². The zero-order valence-electron chi connectivity index (χ0n) is 13.3. The lowest BCUT2D eigenvalue weighted by atomic mass is 9.97. The Balaban J connectivity index is 5.33. The minimum atomic E-state index is -0.763. The molecule has 0 aliphatic carbocycles. The minimum Gasteiger partial charge on any atom is -0.358 e. The minimum absolute atomic E-state index is 0.0793. The highest BCUT2D eigenvalue weighted by Gasteiger charge is 2.43. The van der Waals surface area contributed by atoms with Gasteiger partial charge in [-0.1, -0.05) is 0 Å². The van der Waals surface area contributed by atoms with Crippen molar-refractivity contribution in [2.24, 2.45) is 0 Å². The molecule has 0 saturated carbocycles. The lowest BCUT2D eigenvalue weighted by Gasteiger charge is -2.47. The number of carbonyl (C=O) groups is 1. The summed E-state index contributed by atoms with van der Waals surface area (Å²) in [6, 6.07) is 0. The largest absolute Gasteiger partial charge is 0.358 e. The molecule has 0 aliphatic rings. The van der Waals surface area contributed by atoms with E-state index in [1.807, 2.05) is 55.5 Å². The zero-order valence-corrected chi connectivity index (χ0v) is 13.3. The molecule has 0 unspecified atom stereocenters. The summed E-state index contributed by atoms with van der Waals surface area (Å²) in [6.45, 7) is 13.6. The molecule has 5 nitrogen and oxygen atoms in total. The van der Waals surface area contributed by atoms with Crippen molar-refractivity contribution in [3.05, 3.63) is 0 Å². The van der Waals surface area contributed by atoms with E-state index in [0.29, 0.717) is 0 Å². The molecule has 0 aromatic carbocycles. The number of amides is 1. The molecule has 0 spiro atoms. The second kappa shape index (κ2) is 5.55. The normalized spacial score (nSPS) is 13.9. The Morgan fingerprint density at radius 3 is 1.72 bits per heavy atom. The lowest BCUT2D eigenvalue weighted by molar-refractivity contribution is -0.313. The third-order valence-electron chi connectivity index (χ3n) is 2.82.